The molecule has 1 aromatic carbocycles. The first-order chi connectivity index (χ1) is 13.2. The molecular formula is C19H25N5O2S. The summed E-state index contributed by atoms with van der Waals surface area (Å²) < 4.78 is 10.9. The predicted molar refractivity (Wildman–Crippen MR) is 106 cm³/mol. The molecule has 0 spiro atoms. The van der Waals surface area contributed by atoms with Gasteiger partial charge in [0.2, 0.25) is 6.79 Å². The lowest BCUT2D eigenvalue weighted by atomic mass is 10.1. The highest BCUT2D eigenvalue weighted by atomic mass is 32.1. The van der Waals surface area contributed by atoms with E-state index in [0.29, 0.717) is 6.79 Å². The molecule has 8 heteroatoms. The molecule has 3 heterocycles. The number of ether oxygens (including phenoxy) is 2. The average molecular weight is 388 g/mol. The van der Waals surface area contributed by atoms with Gasteiger partial charge in [-0.15, -0.1) is 11.3 Å². The maximum Gasteiger partial charge on any atom is 0.231 e. The second-order valence-electron chi connectivity index (χ2n) is 6.72. The number of hydrogen-bond acceptors (Lipinski definition) is 6. The molecule has 2 aliphatic heterocycles. The average Bonchev–Trinajstić information content (AvgIpc) is 3.32. The Labute approximate surface area is 163 Å². The molecule has 1 saturated heterocycles. The number of rotatable bonds is 4. The number of aryl methyl sites for hydroxylation is 1. The minimum atomic E-state index is 0.324. The maximum absolute atomic E-state index is 5.48. The number of nitrogens with one attached hydrogen (secondary N) is 1. The first kappa shape index (κ1) is 18.1. The topological polar surface area (TPSA) is 62.2 Å². The quantitative estimate of drug-likeness (QED) is 0.640. The summed E-state index contributed by atoms with van der Waals surface area (Å²) in [7, 11) is 1.84. The van der Waals surface area contributed by atoms with Gasteiger partial charge in [0.1, 0.15) is 5.01 Å². The monoisotopic (exact) mass is 387 g/mol. The van der Waals surface area contributed by atoms with Crippen LogP contribution in [0.2, 0.25) is 0 Å². The molecule has 1 fully saturated rings. The Hall–Kier alpha value is -2.32. The summed E-state index contributed by atoms with van der Waals surface area (Å²) in [6.45, 7) is 7.98. The van der Waals surface area contributed by atoms with Gasteiger partial charge in [-0.25, -0.2) is 4.98 Å². The first-order valence-electron chi connectivity index (χ1n) is 9.19. The zero-order valence-electron chi connectivity index (χ0n) is 15.8. The molecule has 0 bridgehead atoms. The van der Waals surface area contributed by atoms with E-state index in [0.717, 1.165) is 61.7 Å². The van der Waals surface area contributed by atoms with Crippen molar-refractivity contribution in [3.05, 3.63) is 39.8 Å². The molecule has 2 aliphatic rings. The zero-order chi connectivity index (χ0) is 18.6. The molecule has 27 heavy (non-hydrogen) atoms. The van der Waals surface area contributed by atoms with Gasteiger partial charge in [-0.05, 0) is 24.6 Å². The molecule has 0 amide bonds. The largest absolute Gasteiger partial charge is 0.454 e. The Morgan fingerprint density at radius 1 is 1.22 bits per heavy atom. The third-order valence-corrected chi connectivity index (χ3v) is 5.71. The molecule has 1 aromatic heterocycles. The van der Waals surface area contributed by atoms with E-state index in [2.05, 4.69) is 44.1 Å². The van der Waals surface area contributed by atoms with Gasteiger partial charge >= 0.3 is 0 Å². The third kappa shape index (κ3) is 4.33. The highest BCUT2D eigenvalue weighted by Gasteiger charge is 2.21. The summed E-state index contributed by atoms with van der Waals surface area (Å²) in [6, 6.07) is 6.21. The molecule has 2 aromatic rings. The van der Waals surface area contributed by atoms with Crippen molar-refractivity contribution in [2.24, 2.45) is 4.99 Å². The Morgan fingerprint density at radius 3 is 2.78 bits per heavy atom. The Bertz CT molecular complexity index is 814. The van der Waals surface area contributed by atoms with Gasteiger partial charge < -0.3 is 19.7 Å². The van der Waals surface area contributed by atoms with Crippen LogP contribution in [-0.2, 0) is 13.1 Å². The molecule has 1 N–H and O–H groups in total. The lowest BCUT2D eigenvalue weighted by Gasteiger charge is -2.36. The summed E-state index contributed by atoms with van der Waals surface area (Å²) in [4.78, 5) is 14.9. The van der Waals surface area contributed by atoms with Crippen molar-refractivity contribution in [1.29, 1.82) is 0 Å². The van der Waals surface area contributed by atoms with Crippen LogP contribution in [-0.4, -0.2) is 60.8 Å². The molecule has 0 radical (unpaired) electrons. The van der Waals surface area contributed by atoms with Gasteiger partial charge in [0, 0.05) is 50.8 Å². The van der Waals surface area contributed by atoms with Crippen LogP contribution < -0.4 is 14.8 Å². The van der Waals surface area contributed by atoms with Crippen LogP contribution in [0.3, 0.4) is 0 Å². The molecule has 0 saturated carbocycles. The van der Waals surface area contributed by atoms with Crippen LogP contribution in [0.1, 0.15) is 15.4 Å². The fraction of sp³-hybridized carbons (Fsp3) is 0.474. The normalized spacial score (nSPS) is 17.4. The van der Waals surface area contributed by atoms with Crippen LogP contribution in [0.15, 0.2) is 29.4 Å². The number of aliphatic imine (C=N–C) groups is 1. The first-order valence-corrected chi connectivity index (χ1v) is 10.0. The van der Waals surface area contributed by atoms with Crippen LogP contribution in [0.4, 0.5) is 0 Å². The number of nitrogens with zero attached hydrogens (tertiary/aromatic N) is 4. The molecule has 7 nitrogen and oxygen atoms in total. The van der Waals surface area contributed by atoms with Gasteiger partial charge in [-0.3, -0.25) is 9.89 Å². The van der Waals surface area contributed by atoms with E-state index < -0.39 is 0 Å². The highest BCUT2D eigenvalue weighted by molar-refractivity contribution is 7.11. The number of aromatic nitrogens is 1. The van der Waals surface area contributed by atoms with Crippen molar-refractivity contribution >= 4 is 17.3 Å². The maximum atomic E-state index is 5.48. The summed E-state index contributed by atoms with van der Waals surface area (Å²) in [6.07, 6.45) is 1.92. The minimum absolute atomic E-state index is 0.324. The molecule has 0 unspecified atom stereocenters. The van der Waals surface area contributed by atoms with Crippen LogP contribution in [0, 0.1) is 6.92 Å². The Kier molecular flexibility index (Phi) is 5.45. The van der Waals surface area contributed by atoms with Gasteiger partial charge in [0.25, 0.3) is 0 Å². The van der Waals surface area contributed by atoms with Crippen molar-refractivity contribution in [3.8, 4) is 11.5 Å². The number of fused-ring (bicyclic) bond motifs is 1. The third-order valence-electron chi connectivity index (χ3n) is 4.79. The number of piperazine rings is 1. The van der Waals surface area contributed by atoms with Gasteiger partial charge in [-0.2, -0.15) is 0 Å². The minimum Gasteiger partial charge on any atom is -0.454 e. The molecule has 144 valence electrons. The number of guanidine groups is 1. The smallest absolute Gasteiger partial charge is 0.231 e. The SMILES string of the molecule is CN=C(NCc1ncc(C)s1)N1CCN(Cc2ccc3c(c2)OCO3)CC1. The number of hydrogen-bond donors (Lipinski definition) is 1. The van der Waals surface area contributed by atoms with Crippen LogP contribution >= 0.6 is 11.3 Å². The lowest BCUT2D eigenvalue weighted by molar-refractivity contribution is 0.171. The second kappa shape index (κ2) is 8.14. The van der Waals surface area contributed by atoms with Gasteiger partial charge in [-0.1, -0.05) is 6.07 Å². The Morgan fingerprint density at radius 2 is 2.04 bits per heavy atom. The van der Waals surface area contributed by atoms with Crippen molar-refractivity contribution < 1.29 is 9.47 Å². The van der Waals surface area contributed by atoms with Crippen molar-refractivity contribution in [1.82, 2.24) is 20.1 Å². The highest BCUT2D eigenvalue weighted by Crippen LogP contribution is 2.32. The molecule has 0 atom stereocenters. The van der Waals surface area contributed by atoms with E-state index >= 15 is 0 Å². The summed E-state index contributed by atoms with van der Waals surface area (Å²) in [5.41, 5.74) is 1.26. The fourth-order valence-electron chi connectivity index (χ4n) is 3.39. The lowest BCUT2D eigenvalue weighted by Crippen LogP contribution is -2.52. The fourth-order valence-corrected chi connectivity index (χ4v) is 4.11. The summed E-state index contributed by atoms with van der Waals surface area (Å²) in [5, 5.41) is 4.53. The predicted octanol–water partition coefficient (Wildman–Crippen LogP) is 2.07. The standard InChI is InChI=1S/C19H25N5O2S/c1-14-10-21-18(27-14)11-22-19(20-2)24-7-5-23(6-8-24)12-15-3-4-16-17(9-15)26-13-25-16/h3-4,9-10H,5-8,11-13H2,1-2H3,(H,20,22). The van der Waals surface area contributed by atoms with Crippen LogP contribution in [0.5, 0.6) is 11.5 Å². The van der Waals surface area contributed by atoms with Crippen molar-refractivity contribution in [3.63, 3.8) is 0 Å². The van der Waals surface area contributed by atoms with E-state index in [1.54, 1.807) is 11.3 Å². The van der Waals surface area contributed by atoms with Gasteiger partial charge in [0.15, 0.2) is 17.5 Å². The van der Waals surface area contributed by atoms with E-state index in [9.17, 15) is 0 Å². The van der Waals surface area contributed by atoms with E-state index in [-0.39, 0.29) is 0 Å². The summed E-state index contributed by atoms with van der Waals surface area (Å²) >= 11 is 1.72. The van der Waals surface area contributed by atoms with E-state index in [1.807, 2.05) is 19.3 Å². The molecule has 4 rings (SSSR count). The van der Waals surface area contributed by atoms with Crippen molar-refractivity contribution in [2.75, 3.05) is 40.0 Å². The molecular weight excluding hydrogens is 362 g/mol. The van der Waals surface area contributed by atoms with Crippen LogP contribution in [0.25, 0.3) is 0 Å². The zero-order valence-corrected chi connectivity index (χ0v) is 16.6. The molecule has 0 aliphatic carbocycles. The number of benzene rings is 1. The van der Waals surface area contributed by atoms with Crippen molar-refractivity contribution in [2.45, 2.75) is 20.0 Å². The summed E-state index contributed by atoms with van der Waals surface area (Å²) in [5.74, 6) is 2.65. The van der Waals surface area contributed by atoms with Gasteiger partial charge in [0.05, 0.1) is 6.54 Å². The second-order valence-corrected chi connectivity index (χ2v) is 8.04. The van der Waals surface area contributed by atoms with E-state index in [4.69, 9.17) is 9.47 Å². The van der Waals surface area contributed by atoms with E-state index in [1.165, 1.54) is 10.4 Å². The Balaban J connectivity index is 1.27. The number of thiazole rings is 1.